The van der Waals surface area contributed by atoms with E-state index in [1.807, 2.05) is 35.2 Å². The van der Waals surface area contributed by atoms with E-state index < -0.39 is 0 Å². The van der Waals surface area contributed by atoms with Crippen LogP contribution in [0.1, 0.15) is 24.8 Å². The van der Waals surface area contributed by atoms with Gasteiger partial charge in [0, 0.05) is 25.0 Å². The Hall–Kier alpha value is -1.55. The lowest BCUT2D eigenvalue weighted by atomic mass is 9.79. The van der Waals surface area contributed by atoms with Crippen LogP contribution >= 0.6 is 0 Å². The fourth-order valence-electron chi connectivity index (χ4n) is 3.32. The van der Waals surface area contributed by atoms with Gasteiger partial charge in [0.2, 0.25) is 0 Å². The first-order valence-electron chi connectivity index (χ1n) is 7.44. The topological polar surface area (TPSA) is 41.6 Å². The summed E-state index contributed by atoms with van der Waals surface area (Å²) in [5.41, 5.74) is 1.33. The van der Waals surface area contributed by atoms with Gasteiger partial charge in [-0.1, -0.05) is 30.3 Å². The second kappa shape index (κ2) is 5.83. The van der Waals surface area contributed by atoms with E-state index in [0.29, 0.717) is 12.0 Å². The predicted molar refractivity (Wildman–Crippen MR) is 77.4 cm³/mol. The number of hydrogen-bond donors (Lipinski definition) is 1. The Balaban J connectivity index is 1.54. The molecule has 2 saturated heterocycles. The third-order valence-corrected chi connectivity index (χ3v) is 4.46. The van der Waals surface area contributed by atoms with Crippen LogP contribution in [-0.4, -0.2) is 37.2 Å². The van der Waals surface area contributed by atoms with E-state index in [0.717, 1.165) is 38.2 Å². The van der Waals surface area contributed by atoms with E-state index >= 15 is 0 Å². The molecule has 1 spiro atoms. The fourth-order valence-corrected chi connectivity index (χ4v) is 3.32. The van der Waals surface area contributed by atoms with E-state index in [1.165, 1.54) is 12.8 Å². The van der Waals surface area contributed by atoms with Crippen molar-refractivity contribution < 1.29 is 9.53 Å². The maximum absolute atomic E-state index is 12.2. The lowest BCUT2D eigenvalue weighted by molar-refractivity contribution is 0.0577. The molecule has 4 nitrogen and oxygen atoms in total. The number of rotatable bonds is 2. The average molecular weight is 274 g/mol. The average Bonchev–Trinajstić information content (AvgIpc) is 2.93. The van der Waals surface area contributed by atoms with Crippen molar-refractivity contribution in [2.24, 2.45) is 5.41 Å². The van der Waals surface area contributed by atoms with Crippen LogP contribution in [0.15, 0.2) is 30.3 Å². The van der Waals surface area contributed by atoms with Crippen molar-refractivity contribution in [2.75, 3.05) is 26.2 Å². The largest absolute Gasteiger partial charge is 0.445 e. The van der Waals surface area contributed by atoms with Gasteiger partial charge in [0.15, 0.2) is 0 Å². The highest BCUT2D eigenvalue weighted by Crippen LogP contribution is 2.35. The summed E-state index contributed by atoms with van der Waals surface area (Å²) in [7, 11) is 0. The van der Waals surface area contributed by atoms with E-state index in [2.05, 4.69) is 5.32 Å². The minimum absolute atomic E-state index is 0.167. The molecule has 20 heavy (non-hydrogen) atoms. The van der Waals surface area contributed by atoms with Crippen molar-refractivity contribution in [3.8, 4) is 0 Å². The number of piperidine rings is 1. The monoisotopic (exact) mass is 274 g/mol. The van der Waals surface area contributed by atoms with Crippen LogP contribution < -0.4 is 5.32 Å². The number of amides is 1. The molecule has 1 aromatic rings. The molecule has 1 N–H and O–H groups in total. The number of nitrogens with one attached hydrogen (secondary N) is 1. The van der Waals surface area contributed by atoms with E-state index in [4.69, 9.17) is 4.74 Å². The number of carbonyl (C=O) groups excluding carboxylic acids is 1. The first-order chi connectivity index (χ1) is 9.77. The number of hydrogen-bond acceptors (Lipinski definition) is 3. The molecular weight excluding hydrogens is 252 g/mol. The Bertz CT molecular complexity index is 455. The minimum Gasteiger partial charge on any atom is -0.445 e. The van der Waals surface area contributed by atoms with Gasteiger partial charge in [0.1, 0.15) is 6.61 Å². The Labute approximate surface area is 120 Å². The zero-order chi connectivity index (χ0) is 13.8. The summed E-state index contributed by atoms with van der Waals surface area (Å²) in [6, 6.07) is 9.84. The second-order valence-corrected chi connectivity index (χ2v) is 5.99. The number of carbonyl (C=O) groups is 1. The third kappa shape index (κ3) is 2.96. The summed E-state index contributed by atoms with van der Waals surface area (Å²) in [6.07, 6.45) is 3.32. The predicted octanol–water partition coefficient (Wildman–Crippen LogP) is 2.40. The van der Waals surface area contributed by atoms with Gasteiger partial charge in [-0.3, -0.25) is 0 Å². The highest BCUT2D eigenvalue weighted by Gasteiger charge is 2.39. The van der Waals surface area contributed by atoms with Crippen molar-refractivity contribution >= 4 is 6.09 Å². The molecule has 0 radical (unpaired) electrons. The Morgan fingerprint density at radius 2 is 2.15 bits per heavy atom. The number of likely N-dealkylation sites (tertiary alicyclic amines) is 1. The number of nitrogens with zero attached hydrogens (tertiary/aromatic N) is 1. The molecule has 4 heteroatoms. The van der Waals surface area contributed by atoms with Gasteiger partial charge in [-0.2, -0.15) is 0 Å². The molecule has 0 saturated carbocycles. The van der Waals surface area contributed by atoms with Gasteiger partial charge in [0.05, 0.1) is 0 Å². The zero-order valence-electron chi connectivity index (χ0n) is 11.8. The van der Waals surface area contributed by atoms with Crippen LogP contribution in [0.2, 0.25) is 0 Å². The van der Waals surface area contributed by atoms with Gasteiger partial charge in [-0.15, -0.1) is 0 Å². The van der Waals surface area contributed by atoms with Crippen molar-refractivity contribution in [3.05, 3.63) is 35.9 Å². The van der Waals surface area contributed by atoms with E-state index in [1.54, 1.807) is 0 Å². The molecule has 108 valence electrons. The van der Waals surface area contributed by atoms with Crippen LogP contribution in [0.5, 0.6) is 0 Å². The normalized spacial score (nSPS) is 25.9. The molecule has 0 aliphatic carbocycles. The second-order valence-electron chi connectivity index (χ2n) is 5.99. The van der Waals surface area contributed by atoms with E-state index in [9.17, 15) is 4.79 Å². The lowest BCUT2D eigenvalue weighted by Gasteiger charge is -2.39. The maximum Gasteiger partial charge on any atom is 0.410 e. The van der Waals surface area contributed by atoms with Gasteiger partial charge in [0.25, 0.3) is 0 Å². The zero-order valence-corrected chi connectivity index (χ0v) is 11.8. The summed E-state index contributed by atoms with van der Waals surface area (Å²) in [6.45, 7) is 4.15. The third-order valence-electron chi connectivity index (χ3n) is 4.46. The fraction of sp³-hybridized carbons (Fsp3) is 0.562. The summed E-state index contributed by atoms with van der Waals surface area (Å²) in [4.78, 5) is 14.1. The van der Waals surface area contributed by atoms with Crippen LogP contribution in [0, 0.1) is 5.41 Å². The van der Waals surface area contributed by atoms with Crippen molar-refractivity contribution in [1.29, 1.82) is 0 Å². The molecule has 2 heterocycles. The Kier molecular flexibility index (Phi) is 3.92. The lowest BCUT2D eigenvalue weighted by Crippen LogP contribution is -2.47. The van der Waals surface area contributed by atoms with Crippen LogP contribution in [0.25, 0.3) is 0 Å². The molecule has 3 rings (SSSR count). The summed E-state index contributed by atoms with van der Waals surface area (Å²) in [5, 5.41) is 3.42. The molecule has 1 amide bonds. The maximum atomic E-state index is 12.2. The molecule has 1 aromatic carbocycles. The van der Waals surface area contributed by atoms with E-state index in [-0.39, 0.29) is 6.09 Å². The first-order valence-corrected chi connectivity index (χ1v) is 7.44. The quantitative estimate of drug-likeness (QED) is 0.900. The summed E-state index contributed by atoms with van der Waals surface area (Å²) < 4.78 is 5.44. The summed E-state index contributed by atoms with van der Waals surface area (Å²) in [5.74, 6) is 0. The highest BCUT2D eigenvalue weighted by atomic mass is 16.6. The molecule has 0 aromatic heterocycles. The molecule has 1 atom stereocenters. The minimum atomic E-state index is -0.167. The number of ether oxygens (including phenoxy) is 1. The van der Waals surface area contributed by atoms with Crippen LogP contribution in [-0.2, 0) is 11.3 Å². The van der Waals surface area contributed by atoms with Crippen molar-refractivity contribution in [1.82, 2.24) is 10.2 Å². The molecule has 2 aliphatic rings. The highest BCUT2D eigenvalue weighted by molar-refractivity contribution is 5.67. The molecule has 2 aliphatic heterocycles. The SMILES string of the molecule is O=C(OCc1ccccc1)N1CCC[C@@]2(CCNC2)C1. The molecule has 0 unspecified atom stereocenters. The van der Waals surface area contributed by atoms with Gasteiger partial charge >= 0.3 is 6.09 Å². The Morgan fingerprint density at radius 3 is 2.90 bits per heavy atom. The first kappa shape index (κ1) is 13.4. The molecule has 0 bridgehead atoms. The standard InChI is InChI=1S/C16H22N2O2/c19-15(20-11-14-5-2-1-3-6-14)18-10-4-7-16(13-18)8-9-17-12-16/h1-3,5-6,17H,4,7-13H2/t16-/m0/s1. The van der Waals surface area contributed by atoms with Crippen molar-refractivity contribution in [3.63, 3.8) is 0 Å². The van der Waals surface area contributed by atoms with Gasteiger partial charge < -0.3 is 15.0 Å². The van der Waals surface area contributed by atoms with Crippen molar-refractivity contribution in [2.45, 2.75) is 25.9 Å². The van der Waals surface area contributed by atoms with Gasteiger partial charge in [-0.05, 0) is 31.4 Å². The van der Waals surface area contributed by atoms with Crippen LogP contribution in [0.3, 0.4) is 0 Å². The Morgan fingerprint density at radius 1 is 1.30 bits per heavy atom. The van der Waals surface area contributed by atoms with Gasteiger partial charge in [-0.25, -0.2) is 4.79 Å². The number of benzene rings is 1. The molecule has 2 fully saturated rings. The summed E-state index contributed by atoms with van der Waals surface area (Å²) >= 11 is 0. The molecular formula is C16H22N2O2. The van der Waals surface area contributed by atoms with Crippen LogP contribution in [0.4, 0.5) is 4.79 Å². The smallest absolute Gasteiger partial charge is 0.410 e.